The van der Waals surface area contributed by atoms with Gasteiger partial charge >= 0.3 is 0 Å². The molecule has 140 valence electrons. The number of hydrogen-bond donors (Lipinski definition) is 2. The van der Waals surface area contributed by atoms with E-state index >= 15 is 0 Å². The van der Waals surface area contributed by atoms with Gasteiger partial charge in [0.1, 0.15) is 5.75 Å². The molecule has 0 radical (unpaired) electrons. The van der Waals surface area contributed by atoms with Gasteiger partial charge in [-0.15, -0.1) is 0 Å². The smallest absolute Gasteiger partial charge is 0.191 e. The summed E-state index contributed by atoms with van der Waals surface area (Å²) in [6.45, 7) is 7.47. The number of aliphatic imine (C=N–C) groups is 1. The maximum atomic E-state index is 5.21. The Labute approximate surface area is 151 Å². The highest BCUT2D eigenvalue weighted by atomic mass is 16.5. The van der Waals surface area contributed by atoms with Crippen molar-refractivity contribution < 1.29 is 9.47 Å². The van der Waals surface area contributed by atoms with Gasteiger partial charge in [-0.1, -0.05) is 12.1 Å². The highest BCUT2D eigenvalue weighted by Crippen LogP contribution is 2.16. The lowest BCUT2D eigenvalue weighted by atomic mass is 10.2. The summed E-state index contributed by atoms with van der Waals surface area (Å²) in [5.74, 6) is 1.74. The van der Waals surface area contributed by atoms with Gasteiger partial charge in [-0.2, -0.15) is 0 Å². The molecule has 0 amide bonds. The third-order valence-corrected chi connectivity index (χ3v) is 4.51. The zero-order valence-corrected chi connectivity index (χ0v) is 15.8. The van der Waals surface area contributed by atoms with Crippen molar-refractivity contribution in [3.8, 4) is 5.75 Å². The molecular formula is C19H32N4O2. The van der Waals surface area contributed by atoms with Gasteiger partial charge in [0.2, 0.25) is 0 Å². The summed E-state index contributed by atoms with van der Waals surface area (Å²) in [6.07, 6.45) is 2.49. The average molecular weight is 348 g/mol. The third kappa shape index (κ3) is 6.55. The molecule has 0 aliphatic carbocycles. The molecule has 1 saturated heterocycles. The number of rotatable bonds is 9. The predicted octanol–water partition coefficient (Wildman–Crippen LogP) is 1.86. The van der Waals surface area contributed by atoms with Crippen LogP contribution in [0.25, 0.3) is 0 Å². The number of methoxy groups -OCH3 is 2. The van der Waals surface area contributed by atoms with Gasteiger partial charge in [-0.3, -0.25) is 4.90 Å². The Morgan fingerprint density at radius 1 is 1.24 bits per heavy atom. The van der Waals surface area contributed by atoms with Crippen LogP contribution in [-0.4, -0.2) is 63.9 Å². The first kappa shape index (κ1) is 19.5. The maximum Gasteiger partial charge on any atom is 0.191 e. The predicted molar refractivity (Wildman–Crippen MR) is 102 cm³/mol. The van der Waals surface area contributed by atoms with E-state index < -0.39 is 0 Å². The zero-order chi connectivity index (χ0) is 17.9. The van der Waals surface area contributed by atoms with Crippen molar-refractivity contribution in [3.05, 3.63) is 29.8 Å². The summed E-state index contributed by atoms with van der Waals surface area (Å²) < 4.78 is 10.4. The van der Waals surface area contributed by atoms with Gasteiger partial charge in [0, 0.05) is 32.8 Å². The molecule has 0 bridgehead atoms. The summed E-state index contributed by atoms with van der Waals surface area (Å²) >= 11 is 0. The van der Waals surface area contributed by atoms with E-state index in [0.717, 1.165) is 44.5 Å². The number of nitrogens with zero attached hydrogens (tertiary/aromatic N) is 2. The lowest BCUT2D eigenvalue weighted by Gasteiger charge is -2.25. The largest absolute Gasteiger partial charge is 0.497 e. The van der Waals surface area contributed by atoms with Crippen molar-refractivity contribution in [2.24, 2.45) is 4.99 Å². The molecule has 6 nitrogen and oxygen atoms in total. The van der Waals surface area contributed by atoms with E-state index in [1.54, 1.807) is 14.2 Å². The molecule has 0 spiro atoms. The van der Waals surface area contributed by atoms with Crippen LogP contribution >= 0.6 is 0 Å². The zero-order valence-electron chi connectivity index (χ0n) is 15.8. The first-order valence-corrected chi connectivity index (χ1v) is 9.15. The summed E-state index contributed by atoms with van der Waals surface area (Å²) in [5, 5.41) is 6.82. The highest BCUT2D eigenvalue weighted by Gasteiger charge is 2.23. The van der Waals surface area contributed by atoms with Gasteiger partial charge in [-0.25, -0.2) is 4.99 Å². The fourth-order valence-electron chi connectivity index (χ4n) is 3.09. The normalized spacial score (nSPS) is 18.4. The minimum atomic E-state index is 0.556. The lowest BCUT2D eigenvalue weighted by Crippen LogP contribution is -2.45. The van der Waals surface area contributed by atoms with Crippen LogP contribution in [-0.2, 0) is 11.3 Å². The van der Waals surface area contributed by atoms with E-state index in [2.05, 4.69) is 34.6 Å². The van der Waals surface area contributed by atoms with Gasteiger partial charge in [0.05, 0.1) is 20.3 Å². The number of nitrogens with one attached hydrogen (secondary N) is 2. The van der Waals surface area contributed by atoms with Crippen LogP contribution in [0.1, 0.15) is 25.3 Å². The number of hydrogen-bond acceptors (Lipinski definition) is 4. The van der Waals surface area contributed by atoms with Crippen molar-refractivity contribution in [2.45, 2.75) is 32.4 Å². The monoisotopic (exact) mass is 348 g/mol. The van der Waals surface area contributed by atoms with E-state index in [1.807, 2.05) is 12.1 Å². The molecule has 2 rings (SSSR count). The van der Waals surface area contributed by atoms with Crippen molar-refractivity contribution in [1.29, 1.82) is 0 Å². The van der Waals surface area contributed by atoms with Crippen molar-refractivity contribution in [1.82, 2.24) is 15.5 Å². The fourth-order valence-corrected chi connectivity index (χ4v) is 3.09. The number of ether oxygens (including phenoxy) is 2. The molecule has 2 N–H and O–H groups in total. The number of likely N-dealkylation sites (tertiary alicyclic amines) is 1. The second kappa shape index (κ2) is 10.9. The molecular weight excluding hydrogens is 316 g/mol. The van der Waals surface area contributed by atoms with Gasteiger partial charge in [0.15, 0.2) is 5.96 Å². The molecule has 1 aromatic carbocycles. The third-order valence-electron chi connectivity index (χ3n) is 4.51. The highest BCUT2D eigenvalue weighted by molar-refractivity contribution is 5.79. The Balaban J connectivity index is 1.86. The second-order valence-electron chi connectivity index (χ2n) is 6.25. The molecule has 6 heteroatoms. The van der Waals surface area contributed by atoms with Crippen LogP contribution in [0.3, 0.4) is 0 Å². The average Bonchev–Trinajstić information content (AvgIpc) is 3.10. The molecule has 25 heavy (non-hydrogen) atoms. The fraction of sp³-hybridized carbons (Fsp3) is 0.632. The molecule has 1 aliphatic heterocycles. The minimum absolute atomic E-state index is 0.556. The Morgan fingerprint density at radius 2 is 2.04 bits per heavy atom. The second-order valence-corrected chi connectivity index (χ2v) is 6.25. The van der Waals surface area contributed by atoms with Crippen LogP contribution in [0.4, 0.5) is 0 Å². The molecule has 1 aliphatic rings. The summed E-state index contributed by atoms with van der Waals surface area (Å²) in [5.41, 5.74) is 1.17. The molecule has 0 saturated carbocycles. The number of benzene rings is 1. The molecule has 1 fully saturated rings. The van der Waals surface area contributed by atoms with Crippen LogP contribution < -0.4 is 15.4 Å². The topological polar surface area (TPSA) is 58.1 Å². The summed E-state index contributed by atoms with van der Waals surface area (Å²) in [4.78, 5) is 7.20. The van der Waals surface area contributed by atoms with Gasteiger partial charge in [0.25, 0.3) is 0 Å². The van der Waals surface area contributed by atoms with Crippen LogP contribution in [0.15, 0.2) is 29.3 Å². The SMILES string of the molecule is CCNC(=NCc1ccc(OC)cc1)NCC1CCCN1CCOC. The van der Waals surface area contributed by atoms with Gasteiger partial charge < -0.3 is 20.1 Å². The molecule has 0 aromatic heterocycles. The molecule has 1 unspecified atom stereocenters. The summed E-state index contributed by atoms with van der Waals surface area (Å²) in [7, 11) is 3.44. The molecule has 1 aromatic rings. The van der Waals surface area contributed by atoms with Crippen LogP contribution in [0.5, 0.6) is 5.75 Å². The van der Waals surface area contributed by atoms with E-state index in [0.29, 0.717) is 12.6 Å². The van der Waals surface area contributed by atoms with Crippen LogP contribution in [0, 0.1) is 0 Å². The Hall–Kier alpha value is -1.79. The summed E-state index contributed by atoms with van der Waals surface area (Å²) in [6, 6.07) is 8.60. The van der Waals surface area contributed by atoms with E-state index in [4.69, 9.17) is 14.5 Å². The first-order valence-electron chi connectivity index (χ1n) is 9.15. The van der Waals surface area contributed by atoms with Crippen LogP contribution in [0.2, 0.25) is 0 Å². The quantitative estimate of drug-likeness (QED) is 0.527. The van der Waals surface area contributed by atoms with E-state index in [-0.39, 0.29) is 0 Å². The van der Waals surface area contributed by atoms with Crippen molar-refractivity contribution in [3.63, 3.8) is 0 Å². The Kier molecular flexibility index (Phi) is 8.55. The molecule has 1 atom stereocenters. The Bertz CT molecular complexity index is 519. The number of guanidine groups is 1. The maximum absolute atomic E-state index is 5.21. The standard InChI is InChI=1S/C19H32N4O2/c1-4-20-19(21-14-16-7-9-18(25-3)10-8-16)22-15-17-6-5-11-23(17)12-13-24-2/h7-10,17H,4-6,11-15H2,1-3H3,(H2,20,21,22). The molecule has 1 heterocycles. The first-order chi connectivity index (χ1) is 12.3. The Morgan fingerprint density at radius 3 is 2.72 bits per heavy atom. The van der Waals surface area contributed by atoms with E-state index in [9.17, 15) is 0 Å². The minimum Gasteiger partial charge on any atom is -0.497 e. The van der Waals surface area contributed by atoms with Crippen molar-refractivity contribution in [2.75, 3.05) is 47.0 Å². The lowest BCUT2D eigenvalue weighted by molar-refractivity contribution is 0.141. The van der Waals surface area contributed by atoms with E-state index in [1.165, 1.54) is 18.4 Å². The van der Waals surface area contributed by atoms with Crippen molar-refractivity contribution >= 4 is 5.96 Å². The van der Waals surface area contributed by atoms with Gasteiger partial charge in [-0.05, 0) is 44.0 Å².